The van der Waals surface area contributed by atoms with Crippen LogP contribution in [0.1, 0.15) is 24.0 Å². The molecule has 98 valence electrons. The number of nitrogens with zero attached hydrogens (tertiary/aromatic N) is 1. The maximum absolute atomic E-state index is 11.6. The summed E-state index contributed by atoms with van der Waals surface area (Å²) >= 11 is 0. The molecule has 0 aliphatic carbocycles. The first-order valence-corrected chi connectivity index (χ1v) is 7.49. The third kappa shape index (κ3) is 2.20. The number of carbonyl (C=O) groups is 1. The van der Waals surface area contributed by atoms with Gasteiger partial charge in [0.2, 0.25) is 10.0 Å². The van der Waals surface area contributed by atoms with Crippen LogP contribution in [0, 0.1) is 0 Å². The molecule has 1 N–H and O–H groups in total. The van der Waals surface area contributed by atoms with Crippen molar-refractivity contribution in [1.29, 1.82) is 0 Å². The van der Waals surface area contributed by atoms with E-state index in [1.165, 1.54) is 10.6 Å². The highest BCUT2D eigenvalue weighted by molar-refractivity contribution is 7.92. The Balaban J connectivity index is 2.40. The molecule has 2 rings (SSSR count). The maximum Gasteiger partial charge on any atom is 0.310 e. The zero-order chi connectivity index (χ0) is 13.5. The molecule has 1 heterocycles. The minimum Gasteiger partial charge on any atom is -0.481 e. The largest absolute Gasteiger partial charge is 0.481 e. The topological polar surface area (TPSA) is 74.7 Å². The highest BCUT2D eigenvalue weighted by Gasteiger charge is 2.27. The van der Waals surface area contributed by atoms with E-state index in [1.807, 2.05) is 0 Å². The van der Waals surface area contributed by atoms with Crippen LogP contribution >= 0.6 is 0 Å². The Kier molecular flexibility index (Phi) is 3.06. The molecule has 5 nitrogen and oxygen atoms in total. The molecule has 1 aliphatic heterocycles. The lowest BCUT2D eigenvalue weighted by atomic mass is 9.98. The van der Waals surface area contributed by atoms with Crippen LogP contribution in [-0.2, 0) is 21.2 Å². The van der Waals surface area contributed by atoms with Gasteiger partial charge >= 0.3 is 5.97 Å². The number of fused-ring (bicyclic) bond motifs is 1. The van der Waals surface area contributed by atoms with Crippen molar-refractivity contribution in [2.24, 2.45) is 0 Å². The summed E-state index contributed by atoms with van der Waals surface area (Å²) < 4.78 is 24.5. The van der Waals surface area contributed by atoms with E-state index in [1.54, 1.807) is 25.1 Å². The fourth-order valence-electron chi connectivity index (χ4n) is 2.15. The standard InChI is InChI=1S/C12H15NO4S/c1-8(12(14)15)9-3-4-11-10(7-9)5-6-13(11)18(2,16)17/h3-4,7-8H,5-6H2,1-2H3,(H,14,15). The van der Waals surface area contributed by atoms with E-state index in [4.69, 9.17) is 5.11 Å². The quantitative estimate of drug-likeness (QED) is 0.894. The van der Waals surface area contributed by atoms with Crippen LogP contribution in [0.3, 0.4) is 0 Å². The predicted octanol–water partition coefficient (Wildman–Crippen LogP) is 1.20. The Morgan fingerprint density at radius 1 is 1.44 bits per heavy atom. The summed E-state index contributed by atoms with van der Waals surface area (Å²) in [6.07, 6.45) is 1.80. The van der Waals surface area contributed by atoms with Crippen LogP contribution in [-0.4, -0.2) is 32.3 Å². The van der Waals surface area contributed by atoms with Crippen molar-refractivity contribution >= 4 is 21.7 Å². The molecule has 0 aromatic heterocycles. The van der Waals surface area contributed by atoms with E-state index in [0.29, 0.717) is 24.2 Å². The summed E-state index contributed by atoms with van der Waals surface area (Å²) in [7, 11) is -3.25. The third-order valence-corrected chi connectivity index (χ3v) is 4.41. The van der Waals surface area contributed by atoms with Crippen molar-refractivity contribution in [1.82, 2.24) is 0 Å². The zero-order valence-electron chi connectivity index (χ0n) is 10.3. The molecule has 0 saturated heterocycles. The second kappa shape index (κ2) is 4.28. The van der Waals surface area contributed by atoms with E-state index >= 15 is 0 Å². The van der Waals surface area contributed by atoms with Crippen molar-refractivity contribution in [3.63, 3.8) is 0 Å². The molecule has 0 bridgehead atoms. The first kappa shape index (κ1) is 12.9. The minimum atomic E-state index is -3.25. The molecule has 0 spiro atoms. The van der Waals surface area contributed by atoms with Gasteiger partial charge in [-0.05, 0) is 30.5 Å². The predicted molar refractivity (Wildman–Crippen MR) is 68.4 cm³/mol. The fraction of sp³-hybridized carbons (Fsp3) is 0.417. The molecule has 1 unspecified atom stereocenters. The number of hydrogen-bond acceptors (Lipinski definition) is 3. The lowest BCUT2D eigenvalue weighted by Crippen LogP contribution is -2.27. The Morgan fingerprint density at radius 2 is 2.11 bits per heavy atom. The third-order valence-electron chi connectivity index (χ3n) is 3.23. The monoisotopic (exact) mass is 269 g/mol. The zero-order valence-corrected chi connectivity index (χ0v) is 11.1. The normalized spacial score (nSPS) is 16.4. The second-order valence-electron chi connectivity index (χ2n) is 4.53. The van der Waals surface area contributed by atoms with Crippen molar-refractivity contribution in [2.45, 2.75) is 19.3 Å². The molecule has 0 fully saturated rings. The molecule has 0 radical (unpaired) electrons. The highest BCUT2D eigenvalue weighted by atomic mass is 32.2. The van der Waals surface area contributed by atoms with Gasteiger partial charge in [0, 0.05) is 6.54 Å². The number of hydrogen-bond donors (Lipinski definition) is 1. The van der Waals surface area contributed by atoms with Crippen molar-refractivity contribution in [3.8, 4) is 0 Å². The first-order chi connectivity index (χ1) is 8.30. The molecule has 1 aromatic carbocycles. The van der Waals surface area contributed by atoms with E-state index in [2.05, 4.69) is 0 Å². The Labute approximate surface area is 106 Å². The van der Waals surface area contributed by atoms with Crippen LogP contribution in [0.25, 0.3) is 0 Å². The summed E-state index contributed by atoms with van der Waals surface area (Å²) in [6, 6.07) is 5.17. The van der Waals surface area contributed by atoms with Crippen LogP contribution < -0.4 is 4.31 Å². The molecule has 0 saturated carbocycles. The van der Waals surface area contributed by atoms with Crippen LogP contribution in [0.2, 0.25) is 0 Å². The molecule has 18 heavy (non-hydrogen) atoms. The number of benzene rings is 1. The fourth-order valence-corrected chi connectivity index (χ4v) is 3.11. The van der Waals surface area contributed by atoms with Crippen molar-refractivity contribution in [3.05, 3.63) is 29.3 Å². The van der Waals surface area contributed by atoms with Gasteiger partial charge in [-0.2, -0.15) is 0 Å². The molecular formula is C12H15NO4S. The van der Waals surface area contributed by atoms with Gasteiger partial charge in [-0.25, -0.2) is 8.42 Å². The van der Waals surface area contributed by atoms with Gasteiger partial charge in [-0.15, -0.1) is 0 Å². The molecule has 6 heteroatoms. The van der Waals surface area contributed by atoms with Gasteiger partial charge in [-0.1, -0.05) is 12.1 Å². The molecule has 1 aliphatic rings. The lowest BCUT2D eigenvalue weighted by molar-refractivity contribution is -0.138. The van der Waals surface area contributed by atoms with Gasteiger partial charge in [0.05, 0.1) is 17.9 Å². The van der Waals surface area contributed by atoms with E-state index in [-0.39, 0.29) is 0 Å². The number of sulfonamides is 1. The van der Waals surface area contributed by atoms with Crippen molar-refractivity contribution < 1.29 is 18.3 Å². The number of aliphatic carboxylic acids is 1. The van der Waals surface area contributed by atoms with Gasteiger partial charge in [0.15, 0.2) is 0 Å². The first-order valence-electron chi connectivity index (χ1n) is 5.64. The Hall–Kier alpha value is -1.56. The SMILES string of the molecule is CC(C(=O)O)c1ccc2c(c1)CCN2S(C)(=O)=O. The second-order valence-corrected chi connectivity index (χ2v) is 6.44. The number of rotatable bonds is 3. The van der Waals surface area contributed by atoms with Crippen LogP contribution in [0.4, 0.5) is 5.69 Å². The summed E-state index contributed by atoms with van der Waals surface area (Å²) in [5, 5.41) is 8.96. The Morgan fingerprint density at radius 3 is 2.67 bits per heavy atom. The van der Waals surface area contributed by atoms with E-state index in [0.717, 1.165) is 5.56 Å². The maximum atomic E-state index is 11.6. The van der Waals surface area contributed by atoms with E-state index in [9.17, 15) is 13.2 Å². The van der Waals surface area contributed by atoms with Crippen LogP contribution in [0.15, 0.2) is 18.2 Å². The Bertz CT molecular complexity index is 594. The summed E-state index contributed by atoms with van der Waals surface area (Å²) in [5.74, 6) is -1.46. The highest BCUT2D eigenvalue weighted by Crippen LogP contribution is 2.32. The van der Waals surface area contributed by atoms with Crippen molar-refractivity contribution in [2.75, 3.05) is 17.1 Å². The number of carboxylic acids is 1. The molecule has 1 aromatic rings. The smallest absolute Gasteiger partial charge is 0.310 e. The molecule has 0 amide bonds. The van der Waals surface area contributed by atoms with Gasteiger partial charge in [0.1, 0.15) is 0 Å². The summed E-state index contributed by atoms with van der Waals surface area (Å²) in [5.41, 5.74) is 2.27. The van der Waals surface area contributed by atoms with Gasteiger partial charge in [0.25, 0.3) is 0 Å². The minimum absolute atomic E-state index is 0.430. The average Bonchev–Trinajstić information content (AvgIpc) is 2.69. The van der Waals surface area contributed by atoms with Gasteiger partial charge < -0.3 is 5.11 Å². The van der Waals surface area contributed by atoms with E-state index < -0.39 is 21.9 Å². The number of carboxylic acid groups (broad SMARTS) is 1. The average molecular weight is 269 g/mol. The molecule has 1 atom stereocenters. The van der Waals surface area contributed by atoms with Gasteiger partial charge in [-0.3, -0.25) is 9.10 Å². The van der Waals surface area contributed by atoms with Crippen LogP contribution in [0.5, 0.6) is 0 Å². The summed E-state index contributed by atoms with van der Waals surface area (Å²) in [4.78, 5) is 10.9. The summed E-state index contributed by atoms with van der Waals surface area (Å²) in [6.45, 7) is 2.05. The molecular weight excluding hydrogens is 254 g/mol. The number of anilines is 1. The lowest BCUT2D eigenvalue weighted by Gasteiger charge is -2.17.